The second-order valence-electron chi connectivity index (χ2n) is 8.39. The monoisotopic (exact) mass is 431 g/mol. The largest absolute Gasteiger partial charge is 0.496 e. The normalized spacial score (nSPS) is 16.5. The first-order valence-corrected chi connectivity index (χ1v) is 10.8. The number of carbonyl (C=O) groups excluding carboxylic acids is 1. The van der Waals surface area contributed by atoms with Gasteiger partial charge in [-0.1, -0.05) is 0 Å². The molecule has 7 heteroatoms. The quantitative estimate of drug-likeness (QED) is 0.569. The van der Waals surface area contributed by atoms with Crippen molar-refractivity contribution in [1.29, 1.82) is 0 Å². The molecule has 0 unspecified atom stereocenters. The zero-order chi connectivity index (χ0) is 22.5. The van der Waals surface area contributed by atoms with Crippen molar-refractivity contribution in [3.8, 4) is 5.75 Å². The number of methoxy groups -OCH3 is 2. The average molecular weight is 432 g/mol. The van der Waals surface area contributed by atoms with Crippen LogP contribution in [-0.4, -0.2) is 73.7 Å². The van der Waals surface area contributed by atoms with E-state index in [1.54, 1.807) is 20.3 Å². The Bertz CT molecular complexity index is 904. The molecule has 1 fully saturated rings. The number of ketones is 1. The highest BCUT2D eigenvalue weighted by atomic mass is 19.1. The molecule has 1 aromatic heterocycles. The zero-order valence-corrected chi connectivity index (χ0v) is 19.3. The summed E-state index contributed by atoms with van der Waals surface area (Å²) in [6.45, 7) is 11.1. The topological polar surface area (TPSA) is 46.9 Å². The van der Waals surface area contributed by atoms with E-state index in [0.717, 1.165) is 48.7 Å². The van der Waals surface area contributed by atoms with Gasteiger partial charge in [0.2, 0.25) is 0 Å². The SMILES string of the molecule is COC[C@@H](C)n1c(C)cc(C(=O)CN2CCN(Cc3cc(F)ccc3OC)CC2)c1C. The Morgan fingerprint density at radius 3 is 2.42 bits per heavy atom. The Hall–Kier alpha value is -2.22. The molecule has 0 amide bonds. The fraction of sp³-hybridized carbons (Fsp3) is 0.542. The zero-order valence-electron chi connectivity index (χ0n) is 19.3. The van der Waals surface area contributed by atoms with Crippen LogP contribution in [0.5, 0.6) is 5.75 Å². The summed E-state index contributed by atoms with van der Waals surface area (Å²) >= 11 is 0. The van der Waals surface area contributed by atoms with E-state index in [2.05, 4.69) is 21.3 Å². The lowest BCUT2D eigenvalue weighted by molar-refractivity contribution is 0.0841. The van der Waals surface area contributed by atoms with E-state index in [1.165, 1.54) is 12.1 Å². The van der Waals surface area contributed by atoms with Crippen molar-refractivity contribution in [2.45, 2.75) is 33.4 Å². The standard InChI is InChI=1S/C24H34FN3O3/c1-17-12-22(19(3)28(17)18(2)16-30-4)23(29)15-27-10-8-26(9-11-27)14-20-13-21(25)6-7-24(20)31-5/h6-7,12-13,18H,8-11,14-16H2,1-5H3/t18-/m1/s1. The highest BCUT2D eigenvalue weighted by Gasteiger charge is 2.23. The molecule has 1 atom stereocenters. The summed E-state index contributed by atoms with van der Waals surface area (Å²) in [6, 6.07) is 6.81. The average Bonchev–Trinajstić information content (AvgIpc) is 3.04. The number of Topliss-reactive ketones (excluding diaryl/α,β-unsaturated/α-hetero) is 1. The first-order chi connectivity index (χ1) is 14.8. The van der Waals surface area contributed by atoms with Gasteiger partial charge in [0.1, 0.15) is 11.6 Å². The van der Waals surface area contributed by atoms with E-state index >= 15 is 0 Å². The summed E-state index contributed by atoms with van der Waals surface area (Å²) in [5.41, 5.74) is 3.74. The van der Waals surface area contributed by atoms with Crippen LogP contribution in [0.15, 0.2) is 24.3 Å². The lowest BCUT2D eigenvalue weighted by Crippen LogP contribution is -2.47. The van der Waals surface area contributed by atoms with E-state index in [1.807, 2.05) is 19.9 Å². The summed E-state index contributed by atoms with van der Waals surface area (Å²) < 4.78 is 26.5. The third-order valence-electron chi connectivity index (χ3n) is 6.10. The number of aromatic nitrogens is 1. The van der Waals surface area contributed by atoms with E-state index < -0.39 is 0 Å². The number of hydrogen-bond donors (Lipinski definition) is 0. The van der Waals surface area contributed by atoms with Gasteiger partial charge in [-0.3, -0.25) is 14.6 Å². The van der Waals surface area contributed by atoms with Gasteiger partial charge in [-0.15, -0.1) is 0 Å². The molecule has 0 radical (unpaired) electrons. The van der Waals surface area contributed by atoms with Gasteiger partial charge in [0.05, 0.1) is 26.3 Å². The van der Waals surface area contributed by atoms with E-state index in [4.69, 9.17) is 9.47 Å². The van der Waals surface area contributed by atoms with Crippen molar-refractivity contribution in [3.63, 3.8) is 0 Å². The Morgan fingerprint density at radius 1 is 1.10 bits per heavy atom. The number of hydrogen-bond acceptors (Lipinski definition) is 5. The van der Waals surface area contributed by atoms with Gasteiger partial charge in [0, 0.05) is 62.3 Å². The van der Waals surface area contributed by atoms with Crippen LogP contribution < -0.4 is 4.74 Å². The van der Waals surface area contributed by atoms with Gasteiger partial charge in [0.25, 0.3) is 0 Å². The number of benzene rings is 1. The maximum Gasteiger partial charge on any atom is 0.178 e. The van der Waals surface area contributed by atoms with Crippen LogP contribution >= 0.6 is 0 Å². The minimum absolute atomic E-state index is 0.157. The van der Waals surface area contributed by atoms with Crippen LogP contribution in [0.4, 0.5) is 4.39 Å². The molecule has 31 heavy (non-hydrogen) atoms. The Labute approximate surface area is 184 Å². The van der Waals surface area contributed by atoms with Crippen molar-refractivity contribution < 1.29 is 18.7 Å². The second-order valence-corrected chi connectivity index (χ2v) is 8.39. The van der Waals surface area contributed by atoms with Gasteiger partial charge in [0.15, 0.2) is 5.78 Å². The third-order valence-corrected chi connectivity index (χ3v) is 6.10. The molecule has 170 valence electrons. The van der Waals surface area contributed by atoms with Crippen LogP contribution in [0.2, 0.25) is 0 Å². The van der Waals surface area contributed by atoms with E-state index in [9.17, 15) is 9.18 Å². The van der Waals surface area contributed by atoms with Gasteiger partial charge in [-0.2, -0.15) is 0 Å². The molecular formula is C24H34FN3O3. The fourth-order valence-corrected chi connectivity index (χ4v) is 4.56. The molecule has 0 bridgehead atoms. The number of carbonyl (C=O) groups is 1. The van der Waals surface area contributed by atoms with Crippen molar-refractivity contribution in [2.24, 2.45) is 0 Å². The van der Waals surface area contributed by atoms with Gasteiger partial charge < -0.3 is 14.0 Å². The molecule has 0 aliphatic carbocycles. The van der Waals surface area contributed by atoms with Crippen LogP contribution in [0.1, 0.15) is 40.3 Å². The second kappa shape index (κ2) is 10.4. The number of piperazine rings is 1. The van der Waals surface area contributed by atoms with Crippen molar-refractivity contribution in [3.05, 3.63) is 52.6 Å². The smallest absolute Gasteiger partial charge is 0.178 e. The molecule has 6 nitrogen and oxygen atoms in total. The molecule has 1 aromatic carbocycles. The third kappa shape index (κ3) is 5.53. The molecule has 1 saturated heterocycles. The summed E-state index contributed by atoms with van der Waals surface area (Å²) in [5.74, 6) is 0.610. The van der Waals surface area contributed by atoms with E-state index in [0.29, 0.717) is 25.4 Å². The molecule has 2 heterocycles. The minimum Gasteiger partial charge on any atom is -0.496 e. The molecule has 0 spiro atoms. The first kappa shape index (κ1) is 23.4. The number of aryl methyl sites for hydroxylation is 1. The van der Waals surface area contributed by atoms with Gasteiger partial charge in [-0.05, 0) is 45.0 Å². The van der Waals surface area contributed by atoms with Crippen LogP contribution in [0, 0.1) is 19.7 Å². The molecule has 2 aromatic rings. The Balaban J connectivity index is 1.57. The Morgan fingerprint density at radius 2 is 1.77 bits per heavy atom. The molecule has 1 aliphatic rings. The first-order valence-electron chi connectivity index (χ1n) is 10.8. The maximum atomic E-state index is 13.6. The van der Waals surface area contributed by atoms with Crippen molar-refractivity contribution in [1.82, 2.24) is 14.4 Å². The highest BCUT2D eigenvalue weighted by molar-refractivity contribution is 5.99. The minimum atomic E-state index is -0.252. The van der Waals surface area contributed by atoms with E-state index in [-0.39, 0.29) is 17.6 Å². The van der Waals surface area contributed by atoms with Crippen LogP contribution in [0.25, 0.3) is 0 Å². The number of nitrogens with zero attached hydrogens (tertiary/aromatic N) is 3. The van der Waals surface area contributed by atoms with Crippen LogP contribution in [0.3, 0.4) is 0 Å². The summed E-state index contributed by atoms with van der Waals surface area (Å²) in [7, 11) is 3.30. The molecule has 1 aliphatic heterocycles. The Kier molecular flexibility index (Phi) is 7.86. The molecule has 0 N–H and O–H groups in total. The summed E-state index contributed by atoms with van der Waals surface area (Å²) in [5, 5.41) is 0. The fourth-order valence-electron chi connectivity index (χ4n) is 4.56. The van der Waals surface area contributed by atoms with Gasteiger partial charge in [-0.25, -0.2) is 4.39 Å². The number of ether oxygens (including phenoxy) is 2. The lowest BCUT2D eigenvalue weighted by Gasteiger charge is -2.34. The molecule has 0 saturated carbocycles. The number of rotatable bonds is 9. The predicted octanol–water partition coefficient (Wildman–Crippen LogP) is 3.46. The predicted molar refractivity (Wildman–Crippen MR) is 119 cm³/mol. The number of halogens is 1. The lowest BCUT2D eigenvalue weighted by atomic mass is 10.1. The van der Waals surface area contributed by atoms with Crippen molar-refractivity contribution >= 4 is 5.78 Å². The summed E-state index contributed by atoms with van der Waals surface area (Å²) in [6.07, 6.45) is 0. The van der Waals surface area contributed by atoms with Gasteiger partial charge >= 0.3 is 0 Å². The molecule has 3 rings (SSSR count). The molecular weight excluding hydrogens is 397 g/mol. The van der Waals surface area contributed by atoms with Crippen molar-refractivity contribution in [2.75, 3.05) is 53.6 Å². The summed E-state index contributed by atoms with van der Waals surface area (Å²) in [4.78, 5) is 17.5. The highest BCUT2D eigenvalue weighted by Crippen LogP contribution is 2.23. The maximum absolute atomic E-state index is 13.6. The van der Waals surface area contributed by atoms with Crippen LogP contribution in [-0.2, 0) is 11.3 Å².